The highest BCUT2D eigenvalue weighted by molar-refractivity contribution is 6.08. The summed E-state index contributed by atoms with van der Waals surface area (Å²) < 4.78 is 19.6. The minimum atomic E-state index is -1.67. The smallest absolute Gasteiger partial charge is 0.342 e. The number of aromatic carboxylic acids is 2. The van der Waals surface area contributed by atoms with Crippen molar-refractivity contribution in [2.75, 3.05) is 12.3 Å². The summed E-state index contributed by atoms with van der Waals surface area (Å²) in [4.78, 5) is 37.5. The maximum absolute atomic E-state index is 13.9. The third kappa shape index (κ3) is 4.48. The third-order valence-electron chi connectivity index (χ3n) is 4.14. The molecule has 2 rings (SSSR count). The van der Waals surface area contributed by atoms with Gasteiger partial charge < -0.3 is 25.7 Å². The molecule has 0 atom stereocenters. The standard InChI is InChI=1S/C19H21FN2O6/c1-2-3-4-5-8-28-12-7-6-10(20)9-11(12)13-14(18(24)25)16(21)22-17(23)15(13)19(26)27/h6-7,9H,2-5,8H2,1H3,(H,24,25)(H,26,27)(H3,21,22,23). The Morgan fingerprint density at radius 3 is 2.43 bits per heavy atom. The lowest BCUT2D eigenvalue weighted by atomic mass is 9.94. The van der Waals surface area contributed by atoms with Gasteiger partial charge in [0.1, 0.15) is 28.5 Å². The molecule has 0 aliphatic heterocycles. The normalized spacial score (nSPS) is 10.6. The first-order chi connectivity index (χ1) is 13.3. The van der Waals surface area contributed by atoms with Gasteiger partial charge in [0, 0.05) is 11.1 Å². The Morgan fingerprint density at radius 2 is 1.82 bits per heavy atom. The Kier molecular flexibility index (Phi) is 6.75. The van der Waals surface area contributed by atoms with Crippen molar-refractivity contribution < 1.29 is 28.9 Å². The molecule has 28 heavy (non-hydrogen) atoms. The number of pyridine rings is 1. The second kappa shape index (κ2) is 9.03. The molecule has 0 bridgehead atoms. The van der Waals surface area contributed by atoms with Crippen LogP contribution in [0.4, 0.5) is 10.2 Å². The highest BCUT2D eigenvalue weighted by Crippen LogP contribution is 2.36. The Bertz CT molecular complexity index is 954. The van der Waals surface area contributed by atoms with Crippen LogP contribution in [0.5, 0.6) is 5.75 Å². The highest BCUT2D eigenvalue weighted by atomic mass is 19.1. The molecular formula is C19H21FN2O6. The molecule has 0 saturated heterocycles. The van der Waals surface area contributed by atoms with Crippen molar-refractivity contribution in [3.05, 3.63) is 45.5 Å². The quantitative estimate of drug-likeness (QED) is 0.480. The molecule has 0 radical (unpaired) electrons. The topological polar surface area (TPSA) is 143 Å². The Morgan fingerprint density at radius 1 is 1.14 bits per heavy atom. The lowest BCUT2D eigenvalue weighted by molar-refractivity contribution is 0.0695. The fraction of sp³-hybridized carbons (Fsp3) is 0.316. The van der Waals surface area contributed by atoms with E-state index in [2.05, 4.69) is 6.92 Å². The van der Waals surface area contributed by atoms with E-state index >= 15 is 0 Å². The number of carboxylic acids is 2. The second-order valence-electron chi connectivity index (χ2n) is 6.15. The van der Waals surface area contributed by atoms with Gasteiger partial charge in [0.2, 0.25) is 0 Å². The van der Waals surface area contributed by atoms with E-state index in [1.807, 2.05) is 4.98 Å². The van der Waals surface area contributed by atoms with Crippen LogP contribution in [0.15, 0.2) is 23.0 Å². The van der Waals surface area contributed by atoms with Crippen molar-refractivity contribution in [2.24, 2.45) is 0 Å². The first-order valence-corrected chi connectivity index (χ1v) is 8.73. The molecule has 0 aliphatic rings. The summed E-state index contributed by atoms with van der Waals surface area (Å²) in [5.74, 6) is -4.45. The lowest BCUT2D eigenvalue weighted by Crippen LogP contribution is -2.24. The van der Waals surface area contributed by atoms with Gasteiger partial charge in [-0.2, -0.15) is 0 Å². The van der Waals surface area contributed by atoms with Crippen LogP contribution in [0, 0.1) is 5.82 Å². The van der Waals surface area contributed by atoms with Crippen LogP contribution in [0.3, 0.4) is 0 Å². The predicted octanol–water partition coefficient (Wildman–Crippen LogP) is 3.12. The Labute approximate surface area is 159 Å². The van der Waals surface area contributed by atoms with E-state index in [1.54, 1.807) is 0 Å². The number of ether oxygens (including phenoxy) is 1. The average Bonchev–Trinajstić information content (AvgIpc) is 2.61. The van der Waals surface area contributed by atoms with Crippen molar-refractivity contribution in [3.8, 4) is 16.9 Å². The third-order valence-corrected chi connectivity index (χ3v) is 4.14. The number of aromatic amines is 1. The fourth-order valence-electron chi connectivity index (χ4n) is 2.85. The minimum Gasteiger partial charge on any atom is -0.493 e. The maximum atomic E-state index is 13.9. The molecule has 1 aromatic heterocycles. The molecule has 1 aromatic carbocycles. The molecule has 0 fully saturated rings. The number of carbonyl (C=O) groups is 2. The van der Waals surface area contributed by atoms with Crippen LogP contribution in [-0.2, 0) is 0 Å². The number of benzene rings is 1. The van der Waals surface area contributed by atoms with Gasteiger partial charge in [0.25, 0.3) is 5.56 Å². The van der Waals surface area contributed by atoms with Crippen molar-refractivity contribution in [2.45, 2.75) is 32.6 Å². The summed E-state index contributed by atoms with van der Waals surface area (Å²) in [5, 5.41) is 19.0. The molecule has 0 aliphatic carbocycles. The van der Waals surface area contributed by atoms with E-state index in [-0.39, 0.29) is 17.9 Å². The van der Waals surface area contributed by atoms with Crippen LogP contribution in [0.25, 0.3) is 11.1 Å². The van der Waals surface area contributed by atoms with Crippen molar-refractivity contribution in [3.63, 3.8) is 0 Å². The largest absolute Gasteiger partial charge is 0.493 e. The molecule has 5 N–H and O–H groups in total. The first-order valence-electron chi connectivity index (χ1n) is 8.73. The van der Waals surface area contributed by atoms with Crippen LogP contribution in [-0.4, -0.2) is 33.7 Å². The number of hydrogen-bond donors (Lipinski definition) is 4. The zero-order valence-corrected chi connectivity index (χ0v) is 15.3. The predicted molar refractivity (Wildman–Crippen MR) is 100 cm³/mol. The molecular weight excluding hydrogens is 371 g/mol. The summed E-state index contributed by atoms with van der Waals surface area (Å²) >= 11 is 0. The van der Waals surface area contributed by atoms with Gasteiger partial charge >= 0.3 is 11.9 Å². The monoisotopic (exact) mass is 392 g/mol. The number of halogens is 1. The Hall–Kier alpha value is -3.36. The summed E-state index contributed by atoms with van der Waals surface area (Å²) in [6, 6.07) is 3.29. The number of anilines is 1. The summed E-state index contributed by atoms with van der Waals surface area (Å²) in [6.45, 7) is 2.32. The number of unbranched alkanes of at least 4 members (excludes halogenated alkanes) is 3. The van der Waals surface area contributed by atoms with Crippen LogP contribution >= 0.6 is 0 Å². The van der Waals surface area contributed by atoms with E-state index in [9.17, 15) is 29.0 Å². The van der Waals surface area contributed by atoms with Gasteiger partial charge in [0.05, 0.1) is 6.61 Å². The van der Waals surface area contributed by atoms with E-state index < -0.39 is 45.8 Å². The van der Waals surface area contributed by atoms with Crippen molar-refractivity contribution in [1.29, 1.82) is 0 Å². The zero-order chi connectivity index (χ0) is 20.8. The van der Waals surface area contributed by atoms with Gasteiger partial charge in [-0.25, -0.2) is 14.0 Å². The van der Waals surface area contributed by atoms with Crippen LogP contribution in [0.1, 0.15) is 53.3 Å². The van der Waals surface area contributed by atoms with Crippen LogP contribution < -0.4 is 16.0 Å². The molecule has 0 saturated carbocycles. The van der Waals surface area contributed by atoms with Crippen molar-refractivity contribution in [1.82, 2.24) is 4.98 Å². The van der Waals surface area contributed by atoms with Gasteiger partial charge in [-0.3, -0.25) is 4.79 Å². The maximum Gasteiger partial charge on any atom is 0.342 e. The molecule has 150 valence electrons. The average molecular weight is 392 g/mol. The molecule has 8 nitrogen and oxygen atoms in total. The van der Waals surface area contributed by atoms with E-state index in [4.69, 9.17) is 10.5 Å². The summed E-state index contributed by atoms with van der Waals surface area (Å²) in [7, 11) is 0. The molecule has 0 amide bonds. The minimum absolute atomic E-state index is 0.0629. The SMILES string of the molecule is CCCCCCOc1ccc(F)cc1-c1c(C(=O)O)c(N)[nH]c(=O)c1C(=O)O. The second-order valence-corrected chi connectivity index (χ2v) is 6.15. The number of aromatic nitrogens is 1. The number of carboxylic acid groups (broad SMARTS) is 2. The fourth-order valence-corrected chi connectivity index (χ4v) is 2.85. The van der Waals surface area contributed by atoms with E-state index in [1.165, 1.54) is 6.07 Å². The van der Waals surface area contributed by atoms with Crippen molar-refractivity contribution >= 4 is 17.8 Å². The number of rotatable bonds is 9. The summed E-state index contributed by atoms with van der Waals surface area (Å²) in [5.41, 5.74) is 2.36. The van der Waals surface area contributed by atoms with E-state index in [0.29, 0.717) is 6.42 Å². The molecule has 0 unspecified atom stereocenters. The molecule has 2 aromatic rings. The van der Waals surface area contributed by atoms with Gasteiger partial charge in [-0.1, -0.05) is 26.2 Å². The molecule has 1 heterocycles. The number of nitrogen functional groups attached to an aromatic ring is 1. The van der Waals surface area contributed by atoms with Gasteiger partial charge in [-0.15, -0.1) is 0 Å². The number of H-pyrrole nitrogens is 1. The lowest BCUT2D eigenvalue weighted by Gasteiger charge is -2.16. The first kappa shape index (κ1) is 20.9. The van der Waals surface area contributed by atoms with Gasteiger partial charge in [0.15, 0.2) is 0 Å². The number of nitrogens with one attached hydrogen (secondary N) is 1. The number of nitrogens with two attached hydrogens (primary N) is 1. The van der Waals surface area contributed by atoms with Crippen LogP contribution in [0.2, 0.25) is 0 Å². The highest BCUT2D eigenvalue weighted by Gasteiger charge is 2.28. The van der Waals surface area contributed by atoms with Gasteiger partial charge in [-0.05, 0) is 24.6 Å². The molecule has 9 heteroatoms. The molecule has 0 spiro atoms. The van der Waals surface area contributed by atoms with E-state index in [0.717, 1.165) is 31.4 Å². The summed E-state index contributed by atoms with van der Waals surface area (Å²) in [6.07, 6.45) is 3.65. The zero-order valence-electron chi connectivity index (χ0n) is 15.3. The number of hydrogen-bond acceptors (Lipinski definition) is 5. The Balaban J connectivity index is 2.66.